The largest absolute Gasteiger partial charge is 0.496 e. The highest BCUT2D eigenvalue weighted by Crippen LogP contribution is 2.27. The van der Waals surface area contributed by atoms with Crippen molar-refractivity contribution in [2.45, 2.75) is 19.8 Å². The summed E-state index contributed by atoms with van der Waals surface area (Å²) >= 11 is 0. The Morgan fingerprint density at radius 3 is 2.48 bits per heavy atom. The predicted octanol–water partition coefficient (Wildman–Crippen LogP) is 2.25. The molecule has 0 atom stereocenters. The fourth-order valence-electron chi connectivity index (χ4n) is 2.66. The van der Waals surface area contributed by atoms with Crippen LogP contribution in [0.2, 0.25) is 0 Å². The van der Waals surface area contributed by atoms with Gasteiger partial charge >= 0.3 is 0 Å². The molecule has 0 bridgehead atoms. The lowest BCUT2D eigenvalue weighted by atomic mass is 9.98. The molecule has 1 aliphatic heterocycles. The molecule has 0 aromatic heterocycles. The predicted molar refractivity (Wildman–Crippen MR) is 85.4 cm³/mol. The van der Waals surface area contributed by atoms with E-state index in [1.54, 1.807) is 7.11 Å². The molecule has 1 aliphatic rings. The highest BCUT2D eigenvalue weighted by atomic mass is 16.5. The molecule has 1 saturated heterocycles. The number of likely N-dealkylation sites (N-methyl/N-ethyl adjacent to an activating group) is 1. The molecule has 116 valence electrons. The molecule has 0 spiro atoms. The molecule has 21 heavy (non-hydrogen) atoms. The summed E-state index contributed by atoms with van der Waals surface area (Å²) in [5.41, 5.74) is 1.89. The quantitative estimate of drug-likeness (QED) is 0.779. The zero-order valence-electron chi connectivity index (χ0n) is 13.6. The van der Waals surface area contributed by atoms with E-state index in [9.17, 15) is 4.79 Å². The lowest BCUT2D eigenvalue weighted by Crippen LogP contribution is -2.46. The Balaban J connectivity index is 2.07. The molecule has 1 aromatic rings. The summed E-state index contributed by atoms with van der Waals surface area (Å²) in [4.78, 5) is 17.0. The van der Waals surface area contributed by atoms with Gasteiger partial charge in [0.2, 0.25) is 0 Å². The Hall–Kier alpha value is -1.39. The number of carbonyl (C=O) groups is 1. The first-order valence-electron chi connectivity index (χ1n) is 7.63. The van der Waals surface area contributed by atoms with E-state index >= 15 is 0 Å². The molecule has 0 radical (unpaired) electrons. The van der Waals surface area contributed by atoms with Crippen LogP contribution in [0.15, 0.2) is 18.2 Å². The van der Waals surface area contributed by atoms with Crippen molar-refractivity contribution in [2.24, 2.45) is 0 Å². The first-order chi connectivity index (χ1) is 10.0. The third-order valence-electron chi connectivity index (χ3n) is 4.14. The number of Topliss-reactive ketones (excluding diaryl/α,β-unsaturated/α-hetero) is 1. The second-order valence-electron chi connectivity index (χ2n) is 6.11. The van der Waals surface area contributed by atoms with Crippen molar-refractivity contribution in [3.8, 4) is 5.75 Å². The minimum Gasteiger partial charge on any atom is -0.496 e. The fraction of sp³-hybridized carbons (Fsp3) is 0.588. The van der Waals surface area contributed by atoms with Crippen molar-refractivity contribution in [2.75, 3.05) is 46.9 Å². The van der Waals surface area contributed by atoms with Crippen molar-refractivity contribution in [3.05, 3.63) is 29.3 Å². The van der Waals surface area contributed by atoms with Crippen LogP contribution in [0.3, 0.4) is 0 Å². The van der Waals surface area contributed by atoms with E-state index in [1.165, 1.54) is 0 Å². The normalized spacial score (nSPS) is 17.2. The zero-order chi connectivity index (χ0) is 15.4. The van der Waals surface area contributed by atoms with Crippen LogP contribution < -0.4 is 4.74 Å². The smallest absolute Gasteiger partial charge is 0.176 e. The van der Waals surface area contributed by atoms with E-state index in [0.29, 0.717) is 12.5 Å². The zero-order valence-corrected chi connectivity index (χ0v) is 13.6. The summed E-state index contributed by atoms with van der Waals surface area (Å²) in [5, 5.41) is 0. The minimum atomic E-state index is 0.198. The second kappa shape index (κ2) is 7.05. The average molecular weight is 290 g/mol. The number of ketones is 1. The van der Waals surface area contributed by atoms with Gasteiger partial charge in [0.25, 0.3) is 0 Å². The summed E-state index contributed by atoms with van der Waals surface area (Å²) in [5.74, 6) is 1.40. The molecule has 2 rings (SSSR count). The molecule has 1 fully saturated rings. The van der Waals surface area contributed by atoms with E-state index < -0.39 is 0 Å². The summed E-state index contributed by atoms with van der Waals surface area (Å²) in [6.07, 6.45) is 0. The fourth-order valence-corrected chi connectivity index (χ4v) is 2.66. The topological polar surface area (TPSA) is 32.8 Å². The van der Waals surface area contributed by atoms with E-state index in [2.05, 4.69) is 30.7 Å². The molecule has 4 nitrogen and oxygen atoms in total. The SMILES string of the molecule is COc1ccc(C(=O)CN2CCN(C)CC2)cc1C(C)C. The Morgan fingerprint density at radius 2 is 1.90 bits per heavy atom. The Labute approximate surface area is 127 Å². The maximum Gasteiger partial charge on any atom is 0.176 e. The Bertz CT molecular complexity index is 492. The summed E-state index contributed by atoms with van der Waals surface area (Å²) in [6.45, 7) is 8.75. The van der Waals surface area contributed by atoms with Gasteiger partial charge in [-0.1, -0.05) is 13.8 Å². The van der Waals surface area contributed by atoms with Gasteiger partial charge in [-0.2, -0.15) is 0 Å². The van der Waals surface area contributed by atoms with Gasteiger partial charge in [0.15, 0.2) is 5.78 Å². The van der Waals surface area contributed by atoms with Gasteiger partial charge in [-0.15, -0.1) is 0 Å². The number of piperazine rings is 1. The first-order valence-corrected chi connectivity index (χ1v) is 7.63. The molecule has 0 aliphatic carbocycles. The highest BCUT2D eigenvalue weighted by molar-refractivity contribution is 5.98. The first kappa shape index (κ1) is 16.0. The van der Waals surface area contributed by atoms with E-state index in [4.69, 9.17) is 4.74 Å². The van der Waals surface area contributed by atoms with E-state index in [1.807, 2.05) is 18.2 Å². The monoisotopic (exact) mass is 290 g/mol. The molecule has 0 unspecified atom stereocenters. The van der Waals surface area contributed by atoms with Crippen molar-refractivity contribution in [3.63, 3.8) is 0 Å². The highest BCUT2D eigenvalue weighted by Gasteiger charge is 2.18. The minimum absolute atomic E-state index is 0.198. The third-order valence-corrected chi connectivity index (χ3v) is 4.14. The van der Waals surface area contributed by atoms with Gasteiger partial charge in [-0.3, -0.25) is 9.69 Å². The molecule has 1 heterocycles. The Kier molecular flexibility index (Phi) is 5.37. The molecule has 0 amide bonds. The van der Waals surface area contributed by atoms with Gasteiger partial charge in [-0.05, 0) is 36.7 Å². The number of hydrogen-bond donors (Lipinski definition) is 0. The van der Waals surface area contributed by atoms with Crippen LogP contribution in [0, 0.1) is 0 Å². The number of benzene rings is 1. The van der Waals surface area contributed by atoms with Crippen LogP contribution in [0.5, 0.6) is 5.75 Å². The summed E-state index contributed by atoms with van der Waals surface area (Å²) in [7, 11) is 3.80. The van der Waals surface area contributed by atoms with Gasteiger partial charge in [0.05, 0.1) is 13.7 Å². The molecule has 0 N–H and O–H groups in total. The number of carbonyl (C=O) groups excluding carboxylic acids is 1. The third kappa shape index (κ3) is 4.05. The summed E-state index contributed by atoms with van der Waals surface area (Å²) < 4.78 is 5.38. The van der Waals surface area contributed by atoms with E-state index in [-0.39, 0.29) is 5.78 Å². The van der Waals surface area contributed by atoms with Crippen molar-refractivity contribution in [1.29, 1.82) is 0 Å². The van der Waals surface area contributed by atoms with Gasteiger partial charge in [-0.25, -0.2) is 0 Å². The number of ether oxygens (including phenoxy) is 1. The van der Waals surface area contributed by atoms with Crippen molar-refractivity contribution >= 4 is 5.78 Å². The average Bonchev–Trinajstić information content (AvgIpc) is 2.48. The van der Waals surface area contributed by atoms with Crippen molar-refractivity contribution in [1.82, 2.24) is 9.80 Å². The molecule has 1 aromatic carbocycles. The molecular weight excluding hydrogens is 264 g/mol. The van der Waals surface area contributed by atoms with Crippen LogP contribution in [0.25, 0.3) is 0 Å². The van der Waals surface area contributed by atoms with Crippen LogP contribution in [-0.2, 0) is 0 Å². The van der Waals surface area contributed by atoms with E-state index in [0.717, 1.165) is 43.1 Å². The standard InChI is InChI=1S/C17H26N2O2/c1-13(2)15-11-14(5-6-17(15)21-4)16(20)12-19-9-7-18(3)8-10-19/h5-6,11,13H,7-10,12H2,1-4H3. The van der Waals surface area contributed by atoms with Crippen molar-refractivity contribution < 1.29 is 9.53 Å². The lowest BCUT2D eigenvalue weighted by molar-refractivity contribution is 0.0876. The Morgan fingerprint density at radius 1 is 1.24 bits per heavy atom. The second-order valence-corrected chi connectivity index (χ2v) is 6.11. The molecule has 0 saturated carbocycles. The number of rotatable bonds is 5. The molecule has 4 heteroatoms. The maximum atomic E-state index is 12.5. The summed E-state index contributed by atoms with van der Waals surface area (Å²) in [6, 6.07) is 5.78. The van der Waals surface area contributed by atoms with Crippen LogP contribution in [0.1, 0.15) is 35.7 Å². The lowest BCUT2D eigenvalue weighted by Gasteiger charge is -2.31. The maximum absolute atomic E-state index is 12.5. The van der Waals surface area contributed by atoms with Gasteiger partial charge < -0.3 is 9.64 Å². The number of nitrogens with zero attached hydrogens (tertiary/aromatic N) is 2. The van der Waals surface area contributed by atoms with Crippen LogP contribution >= 0.6 is 0 Å². The van der Waals surface area contributed by atoms with Crippen LogP contribution in [0.4, 0.5) is 0 Å². The van der Waals surface area contributed by atoms with Crippen LogP contribution in [-0.4, -0.2) is 62.5 Å². The number of methoxy groups -OCH3 is 1. The van der Waals surface area contributed by atoms with Gasteiger partial charge in [0, 0.05) is 31.7 Å². The van der Waals surface area contributed by atoms with Gasteiger partial charge in [0.1, 0.15) is 5.75 Å². The number of hydrogen-bond acceptors (Lipinski definition) is 4. The molecular formula is C17H26N2O2.